The van der Waals surface area contributed by atoms with E-state index in [1.807, 2.05) is 19.1 Å². The molecular formula is C15H22N2O3. The molecule has 0 bridgehead atoms. The van der Waals surface area contributed by atoms with Gasteiger partial charge in [-0.1, -0.05) is 24.3 Å². The number of rotatable bonds is 5. The fourth-order valence-corrected chi connectivity index (χ4v) is 2.63. The van der Waals surface area contributed by atoms with Crippen LogP contribution in [0.15, 0.2) is 24.3 Å². The fraction of sp³-hybridized carbons (Fsp3) is 0.533. The number of nitrogens with zero attached hydrogens (tertiary/aromatic N) is 1. The molecule has 3 N–H and O–H groups in total. The SMILES string of the molecule is CC1(O)CCN(Cc2cccc(CCNC(=O)O)c2)C1. The van der Waals surface area contributed by atoms with Gasteiger partial charge in [0.25, 0.3) is 0 Å². The molecule has 0 radical (unpaired) electrons. The average molecular weight is 278 g/mol. The van der Waals surface area contributed by atoms with Gasteiger partial charge >= 0.3 is 6.09 Å². The van der Waals surface area contributed by atoms with Crippen LogP contribution in [0.3, 0.4) is 0 Å². The predicted molar refractivity (Wildman–Crippen MR) is 76.7 cm³/mol. The standard InChI is InChI=1S/C15H22N2O3/c1-15(20)6-8-17(11-15)10-13-4-2-3-12(9-13)5-7-16-14(18)19/h2-4,9,16,20H,5-8,10-11H2,1H3,(H,18,19). The number of β-amino-alcohol motifs (C(OH)–C–C–N with tert-alkyl or cyclic N) is 1. The number of carboxylic acid groups (broad SMARTS) is 1. The van der Waals surface area contributed by atoms with Crippen LogP contribution in [-0.2, 0) is 13.0 Å². The Morgan fingerprint density at radius 3 is 2.85 bits per heavy atom. The van der Waals surface area contributed by atoms with Gasteiger partial charge in [-0.15, -0.1) is 0 Å². The maximum atomic E-state index is 10.4. The lowest BCUT2D eigenvalue weighted by atomic mass is 10.1. The van der Waals surface area contributed by atoms with Crippen LogP contribution in [0.25, 0.3) is 0 Å². The molecule has 1 fully saturated rings. The molecule has 0 aliphatic carbocycles. The molecule has 1 aromatic rings. The summed E-state index contributed by atoms with van der Waals surface area (Å²) in [4.78, 5) is 12.7. The highest BCUT2D eigenvalue weighted by Crippen LogP contribution is 2.22. The maximum absolute atomic E-state index is 10.4. The van der Waals surface area contributed by atoms with Crippen LogP contribution in [0.1, 0.15) is 24.5 Å². The van der Waals surface area contributed by atoms with Gasteiger partial charge in [-0.25, -0.2) is 4.79 Å². The van der Waals surface area contributed by atoms with E-state index in [9.17, 15) is 9.90 Å². The largest absolute Gasteiger partial charge is 0.465 e. The Balaban J connectivity index is 1.88. The summed E-state index contributed by atoms with van der Waals surface area (Å²) >= 11 is 0. The third kappa shape index (κ3) is 4.51. The van der Waals surface area contributed by atoms with Gasteiger partial charge in [-0.3, -0.25) is 4.90 Å². The summed E-state index contributed by atoms with van der Waals surface area (Å²) in [7, 11) is 0. The minimum Gasteiger partial charge on any atom is -0.465 e. The van der Waals surface area contributed by atoms with Gasteiger partial charge in [0.05, 0.1) is 5.60 Å². The van der Waals surface area contributed by atoms with Gasteiger partial charge in [0.1, 0.15) is 0 Å². The molecule has 1 amide bonds. The number of aliphatic hydroxyl groups is 1. The Morgan fingerprint density at radius 1 is 1.45 bits per heavy atom. The molecule has 1 saturated heterocycles. The number of hydrogen-bond acceptors (Lipinski definition) is 3. The van der Waals surface area contributed by atoms with E-state index in [0.717, 1.165) is 25.1 Å². The Kier molecular flexibility index (Phi) is 4.62. The van der Waals surface area contributed by atoms with E-state index in [2.05, 4.69) is 22.3 Å². The van der Waals surface area contributed by atoms with Crippen molar-refractivity contribution in [1.29, 1.82) is 0 Å². The molecule has 5 nitrogen and oxygen atoms in total. The van der Waals surface area contributed by atoms with Crippen molar-refractivity contribution in [3.05, 3.63) is 35.4 Å². The zero-order valence-electron chi connectivity index (χ0n) is 11.8. The van der Waals surface area contributed by atoms with E-state index in [4.69, 9.17) is 5.11 Å². The Labute approximate surface area is 119 Å². The predicted octanol–water partition coefficient (Wildman–Crippen LogP) is 1.45. The lowest BCUT2D eigenvalue weighted by Gasteiger charge is -2.19. The normalized spacial score (nSPS) is 22.9. The van der Waals surface area contributed by atoms with Crippen molar-refractivity contribution in [2.45, 2.75) is 31.9 Å². The van der Waals surface area contributed by atoms with Crippen LogP contribution < -0.4 is 5.32 Å². The molecule has 5 heteroatoms. The third-order valence-corrected chi connectivity index (χ3v) is 3.62. The van der Waals surface area contributed by atoms with Gasteiger partial charge in [-0.05, 0) is 30.9 Å². The highest BCUT2D eigenvalue weighted by atomic mass is 16.4. The van der Waals surface area contributed by atoms with E-state index in [0.29, 0.717) is 19.5 Å². The molecule has 2 rings (SSSR count). The monoisotopic (exact) mass is 278 g/mol. The van der Waals surface area contributed by atoms with Gasteiger partial charge in [0, 0.05) is 26.2 Å². The average Bonchev–Trinajstić information content (AvgIpc) is 2.68. The van der Waals surface area contributed by atoms with Crippen LogP contribution in [0.2, 0.25) is 0 Å². The molecule has 0 saturated carbocycles. The second-order valence-corrected chi connectivity index (χ2v) is 5.76. The van der Waals surface area contributed by atoms with Crippen LogP contribution in [0.5, 0.6) is 0 Å². The summed E-state index contributed by atoms with van der Waals surface area (Å²) < 4.78 is 0. The first-order chi connectivity index (χ1) is 9.44. The number of hydrogen-bond donors (Lipinski definition) is 3. The molecule has 1 heterocycles. The molecule has 1 aliphatic rings. The number of nitrogens with one attached hydrogen (secondary N) is 1. The second-order valence-electron chi connectivity index (χ2n) is 5.76. The summed E-state index contributed by atoms with van der Waals surface area (Å²) in [6, 6.07) is 8.19. The number of likely N-dealkylation sites (tertiary alicyclic amines) is 1. The van der Waals surface area contributed by atoms with E-state index >= 15 is 0 Å². The van der Waals surface area contributed by atoms with Crippen LogP contribution in [0.4, 0.5) is 4.79 Å². The van der Waals surface area contributed by atoms with Gasteiger partial charge in [-0.2, -0.15) is 0 Å². The Morgan fingerprint density at radius 2 is 2.20 bits per heavy atom. The molecule has 0 spiro atoms. The molecule has 1 atom stereocenters. The quantitative estimate of drug-likeness (QED) is 0.762. The third-order valence-electron chi connectivity index (χ3n) is 3.62. The number of benzene rings is 1. The Bertz CT molecular complexity index is 474. The summed E-state index contributed by atoms with van der Waals surface area (Å²) in [6.45, 7) is 4.75. The Hall–Kier alpha value is -1.59. The van der Waals surface area contributed by atoms with E-state index in [-0.39, 0.29) is 0 Å². The van der Waals surface area contributed by atoms with Crippen molar-refractivity contribution in [1.82, 2.24) is 10.2 Å². The first-order valence-electron chi connectivity index (χ1n) is 6.94. The van der Waals surface area contributed by atoms with Crippen molar-refractivity contribution in [3.63, 3.8) is 0 Å². The smallest absolute Gasteiger partial charge is 0.404 e. The van der Waals surface area contributed by atoms with Crippen molar-refractivity contribution in [2.75, 3.05) is 19.6 Å². The molecule has 20 heavy (non-hydrogen) atoms. The topological polar surface area (TPSA) is 72.8 Å². The molecule has 1 aromatic carbocycles. The molecule has 1 unspecified atom stereocenters. The molecule has 1 aliphatic heterocycles. The minimum absolute atomic E-state index is 0.428. The van der Waals surface area contributed by atoms with E-state index < -0.39 is 11.7 Å². The second kappa shape index (κ2) is 6.24. The summed E-state index contributed by atoms with van der Waals surface area (Å²) in [6.07, 6.45) is 0.521. The van der Waals surface area contributed by atoms with Crippen molar-refractivity contribution < 1.29 is 15.0 Å². The highest BCUT2D eigenvalue weighted by Gasteiger charge is 2.30. The number of carbonyl (C=O) groups is 1. The van der Waals surface area contributed by atoms with Crippen LogP contribution in [0, 0.1) is 0 Å². The fourth-order valence-electron chi connectivity index (χ4n) is 2.63. The highest BCUT2D eigenvalue weighted by molar-refractivity contribution is 5.64. The lowest BCUT2D eigenvalue weighted by Crippen LogP contribution is -2.29. The maximum Gasteiger partial charge on any atom is 0.404 e. The van der Waals surface area contributed by atoms with Gasteiger partial charge < -0.3 is 15.5 Å². The van der Waals surface area contributed by atoms with E-state index in [1.165, 1.54) is 5.56 Å². The first-order valence-corrected chi connectivity index (χ1v) is 6.94. The first kappa shape index (κ1) is 14.8. The molecular weight excluding hydrogens is 256 g/mol. The lowest BCUT2D eigenvalue weighted by molar-refractivity contribution is 0.0679. The van der Waals surface area contributed by atoms with Crippen molar-refractivity contribution >= 4 is 6.09 Å². The zero-order valence-corrected chi connectivity index (χ0v) is 11.8. The van der Waals surface area contributed by atoms with Crippen molar-refractivity contribution in [3.8, 4) is 0 Å². The molecule has 110 valence electrons. The summed E-state index contributed by atoms with van der Waals surface area (Å²) in [5.74, 6) is 0. The van der Waals surface area contributed by atoms with Crippen LogP contribution >= 0.6 is 0 Å². The van der Waals surface area contributed by atoms with Crippen molar-refractivity contribution in [2.24, 2.45) is 0 Å². The van der Waals surface area contributed by atoms with Gasteiger partial charge in [0.15, 0.2) is 0 Å². The number of amides is 1. The van der Waals surface area contributed by atoms with Crippen LogP contribution in [-0.4, -0.2) is 46.4 Å². The minimum atomic E-state index is -0.986. The molecule has 0 aromatic heterocycles. The summed E-state index contributed by atoms with van der Waals surface area (Å²) in [5, 5.41) is 20.9. The van der Waals surface area contributed by atoms with Gasteiger partial charge in [0.2, 0.25) is 0 Å². The summed E-state index contributed by atoms with van der Waals surface area (Å²) in [5.41, 5.74) is 1.76. The zero-order chi connectivity index (χ0) is 14.6. The van der Waals surface area contributed by atoms with E-state index in [1.54, 1.807) is 0 Å².